The van der Waals surface area contributed by atoms with Gasteiger partial charge in [0.15, 0.2) is 0 Å². The summed E-state index contributed by atoms with van der Waals surface area (Å²) >= 11 is 0. The molecule has 2 heteroatoms. The first-order valence-electron chi connectivity index (χ1n) is 4.77. The molecule has 14 heavy (non-hydrogen) atoms. The van der Waals surface area contributed by atoms with Gasteiger partial charge in [0.2, 0.25) is 0 Å². The first-order valence-corrected chi connectivity index (χ1v) is 7.08. The van der Waals surface area contributed by atoms with Gasteiger partial charge in [-0.1, -0.05) is 38.1 Å². The van der Waals surface area contributed by atoms with E-state index in [9.17, 15) is 4.21 Å². The SMILES string of the molecule is C=S(C)(=O)Cc1ccc(C(C)C)cc1. The van der Waals surface area contributed by atoms with Crippen molar-refractivity contribution in [3.8, 4) is 0 Å². The maximum atomic E-state index is 11.5. The van der Waals surface area contributed by atoms with Crippen LogP contribution < -0.4 is 0 Å². The summed E-state index contributed by atoms with van der Waals surface area (Å²) in [5, 5.41) is 0. The first-order chi connectivity index (χ1) is 6.38. The van der Waals surface area contributed by atoms with Gasteiger partial charge in [-0.05, 0) is 32.4 Å². The van der Waals surface area contributed by atoms with E-state index in [0.717, 1.165) is 5.56 Å². The van der Waals surface area contributed by atoms with Gasteiger partial charge in [-0.25, -0.2) is 0 Å². The van der Waals surface area contributed by atoms with Crippen molar-refractivity contribution < 1.29 is 4.21 Å². The summed E-state index contributed by atoms with van der Waals surface area (Å²) in [6, 6.07) is 8.30. The lowest BCUT2D eigenvalue weighted by Crippen LogP contribution is -2.00. The summed E-state index contributed by atoms with van der Waals surface area (Å²) in [4.78, 5) is 0. The average Bonchev–Trinajstić information content (AvgIpc) is 2.02. The third-order valence-corrected chi connectivity index (χ3v) is 3.06. The van der Waals surface area contributed by atoms with Gasteiger partial charge in [0.1, 0.15) is 0 Å². The molecule has 0 heterocycles. The minimum absolute atomic E-state index is 0.551. The Hall–Kier alpha value is -0.760. The molecule has 0 fully saturated rings. The summed E-state index contributed by atoms with van der Waals surface area (Å²) in [5.41, 5.74) is 2.43. The Morgan fingerprint density at radius 3 is 2.14 bits per heavy atom. The van der Waals surface area contributed by atoms with Crippen molar-refractivity contribution >= 4 is 15.4 Å². The highest BCUT2D eigenvalue weighted by Gasteiger charge is 2.01. The van der Waals surface area contributed by atoms with Crippen LogP contribution in [-0.4, -0.2) is 16.3 Å². The molecular weight excluding hydrogens is 192 g/mol. The Morgan fingerprint density at radius 1 is 1.29 bits per heavy atom. The van der Waals surface area contributed by atoms with Crippen molar-refractivity contribution in [1.29, 1.82) is 0 Å². The van der Waals surface area contributed by atoms with E-state index in [1.54, 1.807) is 6.26 Å². The third kappa shape index (κ3) is 3.54. The molecule has 0 aromatic heterocycles. The zero-order chi connectivity index (χ0) is 10.8. The molecule has 0 N–H and O–H groups in total. The van der Waals surface area contributed by atoms with Crippen LogP contribution in [0.2, 0.25) is 0 Å². The Balaban J connectivity index is 2.84. The first kappa shape index (κ1) is 11.3. The fraction of sp³-hybridized carbons (Fsp3) is 0.417. The van der Waals surface area contributed by atoms with Gasteiger partial charge in [0.05, 0.1) is 0 Å². The monoisotopic (exact) mass is 210 g/mol. The molecule has 1 nitrogen and oxygen atoms in total. The van der Waals surface area contributed by atoms with Crippen molar-refractivity contribution in [3.63, 3.8) is 0 Å². The molecule has 0 amide bonds. The Bertz CT molecular complexity index is 385. The highest BCUT2D eigenvalue weighted by Crippen LogP contribution is 2.15. The summed E-state index contributed by atoms with van der Waals surface area (Å²) in [7, 11) is -1.91. The van der Waals surface area contributed by atoms with E-state index in [1.165, 1.54) is 5.56 Å². The molecule has 0 aliphatic heterocycles. The molecule has 1 aromatic carbocycles. The van der Waals surface area contributed by atoms with Crippen LogP contribution in [0.5, 0.6) is 0 Å². The fourth-order valence-corrected chi connectivity index (χ4v) is 2.25. The highest BCUT2D eigenvalue weighted by molar-refractivity contribution is 7.98. The second-order valence-electron chi connectivity index (χ2n) is 4.22. The molecule has 0 aliphatic carbocycles. The van der Waals surface area contributed by atoms with Crippen LogP contribution in [0, 0.1) is 0 Å². The summed E-state index contributed by atoms with van der Waals surface area (Å²) in [6.45, 7) is 4.33. The molecule has 0 spiro atoms. The molecule has 1 rings (SSSR count). The lowest BCUT2D eigenvalue weighted by molar-refractivity contribution is 0.684. The maximum Gasteiger partial charge on any atom is 0.0407 e. The Labute approximate surface area is 87.2 Å². The van der Waals surface area contributed by atoms with Gasteiger partial charge in [0.25, 0.3) is 0 Å². The van der Waals surface area contributed by atoms with Gasteiger partial charge >= 0.3 is 0 Å². The number of hydrogen-bond acceptors (Lipinski definition) is 1. The van der Waals surface area contributed by atoms with Crippen molar-refractivity contribution in [3.05, 3.63) is 35.4 Å². The molecule has 0 saturated heterocycles. The van der Waals surface area contributed by atoms with E-state index < -0.39 is 9.52 Å². The third-order valence-electron chi connectivity index (χ3n) is 2.12. The van der Waals surface area contributed by atoms with E-state index in [0.29, 0.717) is 11.7 Å². The number of rotatable bonds is 3. The van der Waals surface area contributed by atoms with Crippen molar-refractivity contribution in [1.82, 2.24) is 0 Å². The molecule has 1 unspecified atom stereocenters. The minimum Gasteiger partial charge on any atom is -0.268 e. The summed E-state index contributed by atoms with van der Waals surface area (Å²) < 4.78 is 11.5. The number of benzene rings is 1. The predicted octanol–water partition coefficient (Wildman–Crippen LogP) is 2.66. The molecule has 1 atom stereocenters. The van der Waals surface area contributed by atoms with E-state index in [2.05, 4.69) is 31.9 Å². The quantitative estimate of drug-likeness (QED) is 0.701. The van der Waals surface area contributed by atoms with E-state index in [-0.39, 0.29) is 0 Å². The Morgan fingerprint density at radius 2 is 1.79 bits per heavy atom. The molecular formula is C12H18OS. The zero-order valence-electron chi connectivity index (χ0n) is 9.12. The van der Waals surface area contributed by atoms with Gasteiger partial charge in [0, 0.05) is 12.0 Å². The van der Waals surface area contributed by atoms with Crippen LogP contribution in [0.15, 0.2) is 24.3 Å². The highest BCUT2D eigenvalue weighted by atomic mass is 32.2. The van der Waals surface area contributed by atoms with Gasteiger partial charge in [-0.3, -0.25) is 4.21 Å². The van der Waals surface area contributed by atoms with Crippen LogP contribution in [0.25, 0.3) is 0 Å². The van der Waals surface area contributed by atoms with E-state index >= 15 is 0 Å². The molecule has 1 aromatic rings. The largest absolute Gasteiger partial charge is 0.268 e. The van der Waals surface area contributed by atoms with Crippen molar-refractivity contribution in [2.75, 3.05) is 6.26 Å². The van der Waals surface area contributed by atoms with Crippen LogP contribution >= 0.6 is 0 Å². The molecule has 78 valence electrons. The molecule has 0 aliphatic rings. The second-order valence-corrected chi connectivity index (χ2v) is 6.88. The van der Waals surface area contributed by atoms with Gasteiger partial charge in [-0.15, -0.1) is 0 Å². The van der Waals surface area contributed by atoms with E-state index in [1.807, 2.05) is 12.1 Å². The normalized spacial score (nSPS) is 15.4. The zero-order valence-corrected chi connectivity index (χ0v) is 9.93. The predicted molar refractivity (Wildman–Crippen MR) is 65.4 cm³/mol. The average molecular weight is 210 g/mol. The van der Waals surface area contributed by atoms with Crippen LogP contribution in [0.3, 0.4) is 0 Å². The molecule has 0 bridgehead atoms. The lowest BCUT2D eigenvalue weighted by atomic mass is 10.0. The smallest absolute Gasteiger partial charge is 0.0407 e. The fourth-order valence-electron chi connectivity index (χ4n) is 1.35. The second kappa shape index (κ2) is 4.18. The van der Waals surface area contributed by atoms with Crippen molar-refractivity contribution in [2.24, 2.45) is 0 Å². The van der Waals surface area contributed by atoms with Crippen LogP contribution in [0.4, 0.5) is 0 Å². The number of hydrogen-bond donors (Lipinski definition) is 0. The summed E-state index contributed by atoms with van der Waals surface area (Å²) in [6.07, 6.45) is 1.70. The molecule has 0 saturated carbocycles. The van der Waals surface area contributed by atoms with E-state index in [4.69, 9.17) is 0 Å². The van der Waals surface area contributed by atoms with Crippen LogP contribution in [0.1, 0.15) is 30.9 Å². The minimum atomic E-state index is -1.91. The van der Waals surface area contributed by atoms with Gasteiger partial charge < -0.3 is 0 Å². The maximum absolute atomic E-state index is 11.5. The Kier molecular flexibility index (Phi) is 3.38. The molecule has 0 radical (unpaired) electrons. The van der Waals surface area contributed by atoms with Crippen LogP contribution in [-0.2, 0) is 15.3 Å². The standard InChI is InChI=1S/C12H18OS/c1-10(2)12-7-5-11(6-8-12)9-14(3,4)13/h5-8,10H,3,9H2,1-2,4H3. The summed E-state index contributed by atoms with van der Waals surface area (Å²) in [5.74, 6) is 4.78. The topological polar surface area (TPSA) is 17.1 Å². The van der Waals surface area contributed by atoms with Crippen molar-refractivity contribution in [2.45, 2.75) is 25.5 Å². The van der Waals surface area contributed by atoms with Gasteiger partial charge in [-0.2, -0.15) is 0 Å². The lowest BCUT2D eigenvalue weighted by Gasteiger charge is -2.07.